The summed E-state index contributed by atoms with van der Waals surface area (Å²) in [5.74, 6) is -0.678. The molecule has 0 fully saturated rings. The highest BCUT2D eigenvalue weighted by Gasteiger charge is 2.30. The number of sulfonamides is 1. The van der Waals surface area contributed by atoms with E-state index in [-0.39, 0.29) is 17.1 Å². The van der Waals surface area contributed by atoms with E-state index in [0.29, 0.717) is 27.7 Å². The fourth-order valence-electron chi connectivity index (χ4n) is 2.46. The van der Waals surface area contributed by atoms with Crippen molar-refractivity contribution in [1.82, 2.24) is 4.98 Å². The molecule has 0 radical (unpaired) electrons. The molecule has 0 aliphatic rings. The van der Waals surface area contributed by atoms with Crippen molar-refractivity contribution in [1.29, 1.82) is 0 Å². The van der Waals surface area contributed by atoms with Crippen molar-refractivity contribution in [3.8, 4) is 0 Å². The van der Waals surface area contributed by atoms with Gasteiger partial charge in [0.15, 0.2) is 0 Å². The summed E-state index contributed by atoms with van der Waals surface area (Å²) in [6, 6.07) is 4.93. The van der Waals surface area contributed by atoms with E-state index >= 15 is 0 Å². The summed E-state index contributed by atoms with van der Waals surface area (Å²) in [5, 5.41) is 0.447. The summed E-state index contributed by atoms with van der Waals surface area (Å²) in [4.78, 5) is 14.9. The van der Waals surface area contributed by atoms with Gasteiger partial charge in [-0.15, -0.1) is 0 Å². The zero-order valence-corrected chi connectivity index (χ0v) is 15.4. The van der Waals surface area contributed by atoms with Crippen LogP contribution in [0.3, 0.4) is 0 Å². The third kappa shape index (κ3) is 3.42. The van der Waals surface area contributed by atoms with Gasteiger partial charge < -0.3 is 9.72 Å². The standard InChI is InChI=1S/C16H19ClN2O4S/c1-5-23-16(20)14-10(3)18-11(4)15(14)24(21,22)19-13-8-6-7-12(17)9(13)2/h6-8,18-19H,5H2,1-4H3. The molecule has 0 saturated heterocycles. The molecule has 1 aromatic carbocycles. The topological polar surface area (TPSA) is 88.3 Å². The number of hydrogen-bond acceptors (Lipinski definition) is 4. The minimum absolute atomic E-state index is 0.0153. The number of anilines is 1. The lowest BCUT2D eigenvalue weighted by Crippen LogP contribution is -2.18. The summed E-state index contributed by atoms with van der Waals surface area (Å²) < 4.78 is 33.2. The molecular formula is C16H19ClN2O4S. The molecule has 0 spiro atoms. The highest BCUT2D eigenvalue weighted by molar-refractivity contribution is 7.92. The second-order valence-electron chi connectivity index (χ2n) is 5.32. The number of aromatic amines is 1. The lowest BCUT2D eigenvalue weighted by molar-refractivity contribution is 0.0521. The SMILES string of the molecule is CCOC(=O)c1c(C)[nH]c(C)c1S(=O)(=O)Nc1cccc(Cl)c1C. The molecule has 0 saturated carbocycles. The number of esters is 1. The number of aryl methyl sites for hydroxylation is 2. The quantitative estimate of drug-likeness (QED) is 0.787. The second kappa shape index (κ2) is 6.86. The number of carbonyl (C=O) groups excluding carboxylic acids is 1. The molecule has 0 bridgehead atoms. The molecule has 0 aliphatic carbocycles. The van der Waals surface area contributed by atoms with E-state index in [1.54, 1.807) is 45.9 Å². The summed E-state index contributed by atoms with van der Waals surface area (Å²) in [7, 11) is -4.00. The number of rotatable bonds is 5. The maximum atomic E-state index is 12.8. The van der Waals surface area contributed by atoms with E-state index in [1.807, 2.05) is 0 Å². The minimum atomic E-state index is -4.00. The molecule has 0 aliphatic heterocycles. The smallest absolute Gasteiger partial charge is 0.341 e. The predicted molar refractivity (Wildman–Crippen MR) is 93.2 cm³/mol. The lowest BCUT2D eigenvalue weighted by atomic mass is 10.2. The van der Waals surface area contributed by atoms with Crippen molar-refractivity contribution < 1.29 is 17.9 Å². The molecule has 2 N–H and O–H groups in total. The average Bonchev–Trinajstić information content (AvgIpc) is 2.79. The first kappa shape index (κ1) is 18.4. The van der Waals surface area contributed by atoms with Crippen LogP contribution in [0.1, 0.15) is 34.2 Å². The Bertz CT molecular complexity index is 888. The van der Waals surface area contributed by atoms with Gasteiger partial charge in [0.25, 0.3) is 10.0 Å². The maximum Gasteiger partial charge on any atom is 0.341 e. The normalized spacial score (nSPS) is 11.4. The van der Waals surface area contributed by atoms with Gasteiger partial charge in [0, 0.05) is 16.4 Å². The number of H-pyrrole nitrogens is 1. The summed E-state index contributed by atoms with van der Waals surface area (Å²) in [6.45, 7) is 6.75. The van der Waals surface area contributed by atoms with Crippen LogP contribution in [0.2, 0.25) is 5.02 Å². The van der Waals surface area contributed by atoms with Gasteiger partial charge in [-0.25, -0.2) is 13.2 Å². The average molecular weight is 371 g/mol. The Kier molecular flexibility index (Phi) is 5.25. The summed E-state index contributed by atoms with van der Waals surface area (Å²) in [6.07, 6.45) is 0. The van der Waals surface area contributed by atoms with Gasteiger partial charge in [0.2, 0.25) is 0 Å². The van der Waals surface area contributed by atoms with Crippen LogP contribution in [0.15, 0.2) is 23.1 Å². The van der Waals surface area contributed by atoms with Crippen LogP contribution >= 0.6 is 11.6 Å². The van der Waals surface area contributed by atoms with Crippen LogP contribution in [0.4, 0.5) is 5.69 Å². The van der Waals surface area contributed by atoms with Crippen molar-refractivity contribution >= 4 is 33.3 Å². The second-order valence-corrected chi connectivity index (χ2v) is 7.34. The monoisotopic (exact) mass is 370 g/mol. The highest BCUT2D eigenvalue weighted by Crippen LogP contribution is 2.29. The number of ether oxygens (including phenoxy) is 1. The van der Waals surface area contributed by atoms with E-state index in [1.165, 1.54) is 0 Å². The van der Waals surface area contributed by atoms with E-state index in [0.717, 1.165) is 0 Å². The van der Waals surface area contributed by atoms with Crippen molar-refractivity contribution in [2.75, 3.05) is 11.3 Å². The van der Waals surface area contributed by atoms with Crippen LogP contribution in [0.25, 0.3) is 0 Å². The van der Waals surface area contributed by atoms with Crippen molar-refractivity contribution in [2.24, 2.45) is 0 Å². The Balaban J connectivity index is 2.54. The molecule has 8 heteroatoms. The van der Waals surface area contributed by atoms with Gasteiger partial charge in [0.05, 0.1) is 12.3 Å². The minimum Gasteiger partial charge on any atom is -0.462 e. The molecule has 2 rings (SSSR count). The van der Waals surface area contributed by atoms with Crippen molar-refractivity contribution in [3.05, 3.63) is 45.7 Å². The Morgan fingerprint density at radius 2 is 1.92 bits per heavy atom. The number of aromatic nitrogens is 1. The predicted octanol–water partition coefficient (Wildman–Crippen LogP) is 3.57. The molecule has 1 heterocycles. The molecule has 24 heavy (non-hydrogen) atoms. The zero-order chi connectivity index (χ0) is 18.1. The Morgan fingerprint density at radius 1 is 1.25 bits per heavy atom. The highest BCUT2D eigenvalue weighted by atomic mass is 35.5. The molecular weight excluding hydrogens is 352 g/mol. The van der Waals surface area contributed by atoms with E-state index in [2.05, 4.69) is 9.71 Å². The number of benzene rings is 1. The lowest BCUT2D eigenvalue weighted by Gasteiger charge is -2.12. The van der Waals surface area contributed by atoms with Crippen LogP contribution in [0, 0.1) is 20.8 Å². The van der Waals surface area contributed by atoms with E-state index in [9.17, 15) is 13.2 Å². The van der Waals surface area contributed by atoms with E-state index < -0.39 is 16.0 Å². The van der Waals surface area contributed by atoms with Crippen LogP contribution in [-0.4, -0.2) is 26.0 Å². The summed E-state index contributed by atoms with van der Waals surface area (Å²) >= 11 is 6.03. The van der Waals surface area contributed by atoms with Gasteiger partial charge in [-0.05, 0) is 45.4 Å². The van der Waals surface area contributed by atoms with E-state index in [4.69, 9.17) is 16.3 Å². The molecule has 0 amide bonds. The fourth-order valence-corrected chi connectivity index (χ4v) is 4.20. The molecule has 1 aromatic heterocycles. The summed E-state index contributed by atoms with van der Waals surface area (Å²) in [5.41, 5.74) is 1.78. The van der Waals surface area contributed by atoms with Crippen LogP contribution < -0.4 is 4.72 Å². The Labute approximate surface area is 146 Å². The maximum absolute atomic E-state index is 12.8. The first-order chi connectivity index (χ1) is 11.2. The van der Waals surface area contributed by atoms with Crippen LogP contribution in [0.5, 0.6) is 0 Å². The van der Waals surface area contributed by atoms with Gasteiger partial charge in [-0.1, -0.05) is 17.7 Å². The molecule has 0 unspecified atom stereocenters. The largest absolute Gasteiger partial charge is 0.462 e. The third-order valence-electron chi connectivity index (χ3n) is 3.58. The van der Waals surface area contributed by atoms with Gasteiger partial charge in [-0.2, -0.15) is 0 Å². The van der Waals surface area contributed by atoms with Crippen molar-refractivity contribution in [2.45, 2.75) is 32.6 Å². The third-order valence-corrected chi connectivity index (χ3v) is 5.52. The van der Waals surface area contributed by atoms with Crippen molar-refractivity contribution in [3.63, 3.8) is 0 Å². The van der Waals surface area contributed by atoms with Gasteiger partial charge in [0.1, 0.15) is 10.5 Å². The Morgan fingerprint density at radius 3 is 2.54 bits per heavy atom. The molecule has 130 valence electrons. The number of hydrogen-bond donors (Lipinski definition) is 2. The first-order valence-corrected chi connectivity index (χ1v) is 9.19. The molecule has 2 aromatic rings. The zero-order valence-electron chi connectivity index (χ0n) is 13.9. The number of carbonyl (C=O) groups is 1. The molecule has 6 nitrogen and oxygen atoms in total. The van der Waals surface area contributed by atoms with Gasteiger partial charge in [-0.3, -0.25) is 4.72 Å². The number of halogens is 1. The number of nitrogens with one attached hydrogen (secondary N) is 2. The fraction of sp³-hybridized carbons (Fsp3) is 0.312. The molecule has 0 atom stereocenters. The first-order valence-electron chi connectivity index (χ1n) is 7.33. The van der Waals surface area contributed by atoms with Crippen LogP contribution in [-0.2, 0) is 14.8 Å². The van der Waals surface area contributed by atoms with Gasteiger partial charge >= 0.3 is 5.97 Å². The Hall–Kier alpha value is -1.99.